The smallest absolute Gasteiger partial charge is 0.329 e. The number of carboxylic acid groups (broad SMARTS) is 1. The van der Waals surface area contributed by atoms with Gasteiger partial charge in [-0.15, -0.1) is 0 Å². The van der Waals surface area contributed by atoms with Crippen molar-refractivity contribution in [3.8, 4) is 0 Å². The molecule has 6 heteroatoms. The molecule has 21 heavy (non-hydrogen) atoms. The Morgan fingerprint density at radius 3 is 1.76 bits per heavy atom. The van der Waals surface area contributed by atoms with Crippen LogP contribution in [0.15, 0.2) is 0 Å². The van der Waals surface area contributed by atoms with E-state index in [1.807, 2.05) is 13.8 Å². The van der Waals surface area contributed by atoms with E-state index in [2.05, 4.69) is 13.8 Å². The van der Waals surface area contributed by atoms with E-state index in [9.17, 15) is 4.79 Å². The van der Waals surface area contributed by atoms with E-state index >= 15 is 0 Å². The van der Waals surface area contributed by atoms with Crippen molar-refractivity contribution in [3.63, 3.8) is 0 Å². The maximum atomic E-state index is 10.4. The molecule has 126 valence electrons. The second kappa shape index (κ2) is 11.9. The monoisotopic (exact) mass is 306 g/mol. The Hall–Kier alpha value is -0.690. The molecule has 0 bridgehead atoms. The van der Waals surface area contributed by atoms with Crippen LogP contribution in [-0.2, 0) is 23.7 Å². The van der Waals surface area contributed by atoms with Gasteiger partial charge < -0.3 is 24.1 Å². The van der Waals surface area contributed by atoms with E-state index in [1.54, 1.807) is 6.92 Å². The van der Waals surface area contributed by atoms with Crippen molar-refractivity contribution in [2.45, 2.75) is 52.9 Å². The molecule has 0 saturated carbocycles. The number of rotatable bonds is 13. The molecule has 0 fully saturated rings. The molecule has 0 heterocycles. The first-order chi connectivity index (χ1) is 9.81. The van der Waals surface area contributed by atoms with E-state index in [1.165, 1.54) is 0 Å². The van der Waals surface area contributed by atoms with Gasteiger partial charge in [0, 0.05) is 6.61 Å². The van der Waals surface area contributed by atoms with Gasteiger partial charge in [0.15, 0.2) is 0 Å². The van der Waals surface area contributed by atoms with E-state index in [4.69, 9.17) is 24.1 Å². The predicted molar refractivity (Wildman–Crippen MR) is 79.5 cm³/mol. The lowest BCUT2D eigenvalue weighted by atomic mass is 10.2. The molecule has 0 rings (SSSR count). The van der Waals surface area contributed by atoms with Crippen LogP contribution >= 0.6 is 0 Å². The first kappa shape index (κ1) is 20.3. The number of hydrogen-bond donors (Lipinski definition) is 1. The molecule has 0 saturated heterocycles. The zero-order chi connectivity index (χ0) is 16.3. The van der Waals surface area contributed by atoms with Crippen molar-refractivity contribution in [3.05, 3.63) is 0 Å². The van der Waals surface area contributed by atoms with Crippen molar-refractivity contribution >= 4 is 5.97 Å². The Morgan fingerprint density at radius 1 is 0.810 bits per heavy atom. The van der Waals surface area contributed by atoms with Gasteiger partial charge in [0.2, 0.25) is 0 Å². The lowest BCUT2D eigenvalue weighted by Crippen LogP contribution is -2.27. The molecule has 3 atom stereocenters. The Morgan fingerprint density at radius 2 is 1.29 bits per heavy atom. The lowest BCUT2D eigenvalue weighted by molar-refractivity contribution is -0.146. The molecule has 0 aliphatic carbocycles. The van der Waals surface area contributed by atoms with Crippen LogP contribution in [-0.4, -0.2) is 62.4 Å². The van der Waals surface area contributed by atoms with Crippen molar-refractivity contribution in [1.82, 2.24) is 0 Å². The SMILES string of the molecule is CC(C)COCC(C)OCC(C)OCC(C)OCC(=O)O. The Balaban J connectivity index is 3.60. The summed E-state index contributed by atoms with van der Waals surface area (Å²) < 4.78 is 21.7. The second-order valence-corrected chi connectivity index (χ2v) is 5.73. The van der Waals surface area contributed by atoms with Crippen LogP contribution in [0.5, 0.6) is 0 Å². The summed E-state index contributed by atoms with van der Waals surface area (Å²) in [5, 5.41) is 8.49. The van der Waals surface area contributed by atoms with Gasteiger partial charge in [0.05, 0.1) is 38.1 Å². The number of carbonyl (C=O) groups is 1. The van der Waals surface area contributed by atoms with Crippen LogP contribution in [0.1, 0.15) is 34.6 Å². The Labute approximate surface area is 127 Å². The molecular formula is C15H30O6. The highest BCUT2D eigenvalue weighted by Crippen LogP contribution is 2.01. The zero-order valence-electron chi connectivity index (χ0n) is 13.8. The second-order valence-electron chi connectivity index (χ2n) is 5.73. The van der Waals surface area contributed by atoms with Gasteiger partial charge in [-0.25, -0.2) is 4.79 Å². The van der Waals surface area contributed by atoms with Gasteiger partial charge in [0.1, 0.15) is 6.61 Å². The maximum Gasteiger partial charge on any atom is 0.329 e. The van der Waals surface area contributed by atoms with Crippen molar-refractivity contribution in [1.29, 1.82) is 0 Å². The van der Waals surface area contributed by atoms with Crippen LogP contribution in [0.2, 0.25) is 0 Å². The number of aliphatic carboxylic acids is 1. The minimum atomic E-state index is -0.978. The summed E-state index contributed by atoms with van der Waals surface area (Å²) in [5.41, 5.74) is 0. The van der Waals surface area contributed by atoms with Crippen LogP contribution < -0.4 is 0 Å². The third-order valence-electron chi connectivity index (χ3n) is 2.53. The highest BCUT2D eigenvalue weighted by atomic mass is 16.6. The van der Waals surface area contributed by atoms with E-state index in [-0.39, 0.29) is 24.9 Å². The summed E-state index contributed by atoms with van der Waals surface area (Å²) in [6.45, 7) is 11.7. The summed E-state index contributed by atoms with van der Waals surface area (Å²) in [6.07, 6.45) is -0.306. The molecule has 0 aromatic heterocycles. The molecule has 3 unspecified atom stereocenters. The minimum absolute atomic E-state index is 0.0236. The topological polar surface area (TPSA) is 74.2 Å². The van der Waals surface area contributed by atoms with E-state index < -0.39 is 5.97 Å². The molecule has 0 spiro atoms. The van der Waals surface area contributed by atoms with E-state index in [0.717, 1.165) is 6.61 Å². The molecule has 0 aliphatic rings. The average Bonchev–Trinajstić information content (AvgIpc) is 2.40. The Kier molecular flexibility index (Phi) is 11.5. The van der Waals surface area contributed by atoms with Gasteiger partial charge in [-0.3, -0.25) is 0 Å². The highest BCUT2D eigenvalue weighted by Gasteiger charge is 2.11. The van der Waals surface area contributed by atoms with Gasteiger partial charge in [-0.2, -0.15) is 0 Å². The van der Waals surface area contributed by atoms with Crippen molar-refractivity contribution in [2.75, 3.05) is 33.0 Å². The number of ether oxygens (including phenoxy) is 4. The number of carboxylic acids is 1. The quantitative estimate of drug-likeness (QED) is 0.561. The van der Waals surface area contributed by atoms with Crippen molar-refractivity contribution < 1.29 is 28.8 Å². The molecule has 0 aliphatic heterocycles. The molecule has 6 nitrogen and oxygen atoms in total. The van der Waals surface area contributed by atoms with Crippen LogP contribution in [0, 0.1) is 5.92 Å². The Bertz CT molecular complexity index is 269. The summed E-state index contributed by atoms with van der Waals surface area (Å²) in [7, 11) is 0. The summed E-state index contributed by atoms with van der Waals surface area (Å²) in [5.74, 6) is -0.458. The first-order valence-electron chi connectivity index (χ1n) is 7.45. The standard InChI is InChI=1S/C15H30O6/c1-11(2)6-18-7-12(3)19-8-13(4)20-9-14(5)21-10-15(16)17/h11-14H,6-10H2,1-5H3,(H,16,17). The average molecular weight is 306 g/mol. The molecule has 0 amide bonds. The minimum Gasteiger partial charge on any atom is -0.480 e. The van der Waals surface area contributed by atoms with Crippen molar-refractivity contribution in [2.24, 2.45) is 5.92 Å². The number of hydrogen-bond acceptors (Lipinski definition) is 5. The molecular weight excluding hydrogens is 276 g/mol. The first-order valence-corrected chi connectivity index (χ1v) is 7.45. The van der Waals surface area contributed by atoms with Gasteiger partial charge in [0.25, 0.3) is 0 Å². The third-order valence-corrected chi connectivity index (χ3v) is 2.53. The summed E-state index contributed by atoms with van der Waals surface area (Å²) in [6, 6.07) is 0. The molecule has 0 aromatic carbocycles. The fraction of sp³-hybridized carbons (Fsp3) is 0.933. The third kappa shape index (κ3) is 14.0. The van der Waals surface area contributed by atoms with Gasteiger partial charge in [-0.05, 0) is 26.7 Å². The van der Waals surface area contributed by atoms with Gasteiger partial charge in [-0.1, -0.05) is 13.8 Å². The molecule has 1 N–H and O–H groups in total. The molecule has 0 aromatic rings. The van der Waals surface area contributed by atoms with Gasteiger partial charge >= 0.3 is 5.97 Å². The van der Waals surface area contributed by atoms with Crippen LogP contribution in [0.3, 0.4) is 0 Å². The largest absolute Gasteiger partial charge is 0.480 e. The molecule has 0 radical (unpaired) electrons. The highest BCUT2D eigenvalue weighted by molar-refractivity contribution is 5.68. The zero-order valence-corrected chi connectivity index (χ0v) is 13.8. The summed E-state index contributed by atoms with van der Waals surface area (Å²) >= 11 is 0. The normalized spacial score (nSPS) is 15.9. The fourth-order valence-corrected chi connectivity index (χ4v) is 1.43. The predicted octanol–water partition coefficient (Wildman–Crippen LogP) is 1.96. The summed E-state index contributed by atoms with van der Waals surface area (Å²) in [4.78, 5) is 10.4. The lowest BCUT2D eigenvalue weighted by Gasteiger charge is -2.20. The van der Waals surface area contributed by atoms with Crippen LogP contribution in [0.4, 0.5) is 0 Å². The fourth-order valence-electron chi connectivity index (χ4n) is 1.43. The maximum absolute atomic E-state index is 10.4. The van der Waals surface area contributed by atoms with E-state index in [0.29, 0.717) is 25.7 Å². The van der Waals surface area contributed by atoms with Crippen LogP contribution in [0.25, 0.3) is 0 Å².